The molecule has 1 fully saturated rings. The monoisotopic (exact) mass is 392 g/mol. The summed E-state index contributed by atoms with van der Waals surface area (Å²) < 4.78 is 15.6. The van der Waals surface area contributed by atoms with Gasteiger partial charge in [0.15, 0.2) is 0 Å². The standard InChI is InChI=1S/C21H32N2O5/c1-5-22-10-7-8-17(22)15-23(11-9-20(24)28-6-2)21(25)16-12-18(26-3)14-19(13-16)27-4/h12-14,17H,5-11,15H2,1-4H3/t17-/m1/s1. The van der Waals surface area contributed by atoms with Gasteiger partial charge in [-0.25, -0.2) is 0 Å². The molecule has 1 aromatic rings. The summed E-state index contributed by atoms with van der Waals surface area (Å²) in [4.78, 5) is 29.3. The van der Waals surface area contributed by atoms with Gasteiger partial charge in [-0.05, 0) is 45.0 Å². The number of hydrogen-bond acceptors (Lipinski definition) is 6. The van der Waals surface area contributed by atoms with Crippen LogP contribution in [-0.2, 0) is 9.53 Å². The molecule has 1 aliphatic rings. The molecule has 28 heavy (non-hydrogen) atoms. The van der Waals surface area contributed by atoms with Crippen LogP contribution in [0.1, 0.15) is 43.5 Å². The molecule has 0 spiro atoms. The largest absolute Gasteiger partial charge is 0.497 e. The van der Waals surface area contributed by atoms with Crippen molar-refractivity contribution in [1.29, 1.82) is 0 Å². The van der Waals surface area contributed by atoms with E-state index in [2.05, 4.69) is 11.8 Å². The van der Waals surface area contributed by atoms with Gasteiger partial charge in [-0.1, -0.05) is 6.92 Å². The van der Waals surface area contributed by atoms with Gasteiger partial charge in [-0.2, -0.15) is 0 Å². The quantitative estimate of drug-likeness (QED) is 0.570. The van der Waals surface area contributed by atoms with Crippen molar-refractivity contribution in [2.24, 2.45) is 0 Å². The zero-order chi connectivity index (χ0) is 20.5. The van der Waals surface area contributed by atoms with Crippen molar-refractivity contribution in [3.8, 4) is 11.5 Å². The van der Waals surface area contributed by atoms with Crippen LogP contribution in [0.15, 0.2) is 18.2 Å². The van der Waals surface area contributed by atoms with Crippen LogP contribution in [0, 0.1) is 0 Å². The molecule has 0 bridgehead atoms. The highest BCUT2D eigenvalue weighted by Gasteiger charge is 2.28. The third-order valence-electron chi connectivity index (χ3n) is 5.11. The molecule has 156 valence electrons. The summed E-state index contributed by atoms with van der Waals surface area (Å²) in [6, 6.07) is 5.45. The molecule has 7 heteroatoms. The molecule has 0 saturated carbocycles. The molecule has 0 N–H and O–H groups in total. The normalized spacial score (nSPS) is 16.6. The number of benzene rings is 1. The average molecular weight is 392 g/mol. The zero-order valence-corrected chi connectivity index (χ0v) is 17.4. The number of nitrogens with zero attached hydrogens (tertiary/aromatic N) is 2. The minimum atomic E-state index is -0.290. The van der Waals surface area contributed by atoms with Crippen LogP contribution >= 0.6 is 0 Å². The molecule has 0 aliphatic carbocycles. The Morgan fingerprint density at radius 1 is 1.14 bits per heavy atom. The Balaban J connectivity index is 2.21. The average Bonchev–Trinajstić information content (AvgIpc) is 3.17. The Morgan fingerprint density at radius 2 is 1.82 bits per heavy atom. The van der Waals surface area contributed by atoms with Gasteiger partial charge in [-0.15, -0.1) is 0 Å². The Bertz CT molecular complexity index is 642. The molecule has 1 heterocycles. The molecule has 0 aromatic heterocycles. The van der Waals surface area contributed by atoms with Crippen LogP contribution in [-0.4, -0.2) is 74.7 Å². The van der Waals surface area contributed by atoms with Crippen molar-refractivity contribution >= 4 is 11.9 Å². The van der Waals surface area contributed by atoms with Crippen LogP contribution in [0.5, 0.6) is 11.5 Å². The Hall–Kier alpha value is -2.28. The van der Waals surface area contributed by atoms with Crippen LogP contribution < -0.4 is 9.47 Å². The Morgan fingerprint density at radius 3 is 2.39 bits per heavy atom. The van der Waals surface area contributed by atoms with Crippen molar-refractivity contribution in [3.05, 3.63) is 23.8 Å². The SMILES string of the molecule is CCOC(=O)CCN(C[C@H]1CCCN1CC)C(=O)c1cc(OC)cc(OC)c1. The third kappa shape index (κ3) is 5.86. The number of amides is 1. The number of rotatable bonds is 10. The molecule has 0 unspecified atom stereocenters. The first-order valence-corrected chi connectivity index (χ1v) is 9.94. The van der Waals surface area contributed by atoms with Gasteiger partial charge >= 0.3 is 5.97 Å². The molecular weight excluding hydrogens is 360 g/mol. The number of methoxy groups -OCH3 is 2. The van der Waals surface area contributed by atoms with Gasteiger partial charge in [0.25, 0.3) is 5.91 Å². The number of esters is 1. The minimum Gasteiger partial charge on any atom is -0.497 e. The second-order valence-corrected chi connectivity index (χ2v) is 6.83. The van der Waals surface area contributed by atoms with Crippen molar-refractivity contribution in [2.45, 2.75) is 39.2 Å². The highest BCUT2D eigenvalue weighted by atomic mass is 16.5. The van der Waals surface area contributed by atoms with Crippen molar-refractivity contribution in [1.82, 2.24) is 9.80 Å². The van der Waals surface area contributed by atoms with Crippen molar-refractivity contribution < 1.29 is 23.8 Å². The molecule has 7 nitrogen and oxygen atoms in total. The van der Waals surface area contributed by atoms with E-state index in [-0.39, 0.29) is 18.3 Å². The molecule has 1 atom stereocenters. The second kappa shape index (κ2) is 10.9. The summed E-state index contributed by atoms with van der Waals surface area (Å²) in [5, 5.41) is 0. The second-order valence-electron chi connectivity index (χ2n) is 6.83. The zero-order valence-electron chi connectivity index (χ0n) is 17.4. The number of likely N-dealkylation sites (N-methyl/N-ethyl adjacent to an activating group) is 1. The fourth-order valence-electron chi connectivity index (χ4n) is 3.62. The van der Waals surface area contributed by atoms with Crippen LogP contribution in [0.25, 0.3) is 0 Å². The lowest BCUT2D eigenvalue weighted by atomic mass is 10.1. The van der Waals surface area contributed by atoms with Gasteiger partial charge < -0.3 is 19.1 Å². The van der Waals surface area contributed by atoms with E-state index in [1.165, 1.54) is 0 Å². The summed E-state index contributed by atoms with van der Waals surface area (Å²) in [6.07, 6.45) is 2.36. The number of ether oxygens (including phenoxy) is 3. The summed E-state index contributed by atoms with van der Waals surface area (Å²) in [5.41, 5.74) is 0.487. The lowest BCUT2D eigenvalue weighted by Gasteiger charge is -2.30. The number of likely N-dealkylation sites (tertiary alicyclic amines) is 1. The van der Waals surface area contributed by atoms with E-state index < -0.39 is 0 Å². The van der Waals surface area contributed by atoms with E-state index >= 15 is 0 Å². The summed E-state index contributed by atoms with van der Waals surface area (Å²) in [6.45, 7) is 7.17. The van der Waals surface area contributed by atoms with E-state index in [0.717, 1.165) is 25.9 Å². The van der Waals surface area contributed by atoms with E-state index in [1.807, 2.05) is 0 Å². The first-order valence-electron chi connectivity index (χ1n) is 9.94. The minimum absolute atomic E-state index is 0.135. The lowest BCUT2D eigenvalue weighted by Crippen LogP contribution is -2.44. The fraction of sp³-hybridized carbons (Fsp3) is 0.619. The maximum absolute atomic E-state index is 13.3. The van der Waals surface area contributed by atoms with Gasteiger partial charge in [0, 0.05) is 30.8 Å². The topological polar surface area (TPSA) is 68.3 Å². The number of carbonyl (C=O) groups excluding carboxylic acids is 2. The van der Waals surface area contributed by atoms with Gasteiger partial charge in [-0.3, -0.25) is 14.5 Å². The molecular formula is C21H32N2O5. The van der Waals surface area contributed by atoms with Crippen LogP contribution in [0.3, 0.4) is 0 Å². The van der Waals surface area contributed by atoms with Gasteiger partial charge in [0.2, 0.25) is 0 Å². The first-order chi connectivity index (χ1) is 13.5. The van der Waals surface area contributed by atoms with Crippen molar-refractivity contribution in [2.75, 3.05) is 47.0 Å². The molecule has 0 radical (unpaired) electrons. The van der Waals surface area contributed by atoms with E-state index in [0.29, 0.717) is 42.8 Å². The molecule has 1 aromatic carbocycles. The Labute approximate surface area is 167 Å². The third-order valence-corrected chi connectivity index (χ3v) is 5.11. The highest BCUT2D eigenvalue weighted by Crippen LogP contribution is 2.25. The van der Waals surface area contributed by atoms with Gasteiger partial charge in [0.05, 0.1) is 27.2 Å². The lowest BCUT2D eigenvalue weighted by molar-refractivity contribution is -0.143. The smallest absolute Gasteiger partial charge is 0.307 e. The number of hydrogen-bond donors (Lipinski definition) is 0. The maximum atomic E-state index is 13.3. The first kappa shape index (κ1) is 22.0. The number of carbonyl (C=O) groups is 2. The Kier molecular flexibility index (Phi) is 8.57. The molecule has 1 aliphatic heterocycles. The van der Waals surface area contributed by atoms with E-state index in [9.17, 15) is 9.59 Å². The predicted molar refractivity (Wildman–Crippen MR) is 107 cm³/mol. The summed E-state index contributed by atoms with van der Waals surface area (Å²) in [7, 11) is 3.11. The highest BCUT2D eigenvalue weighted by molar-refractivity contribution is 5.95. The van der Waals surface area contributed by atoms with Gasteiger partial charge in [0.1, 0.15) is 11.5 Å². The van der Waals surface area contributed by atoms with E-state index in [4.69, 9.17) is 14.2 Å². The fourth-order valence-corrected chi connectivity index (χ4v) is 3.62. The van der Waals surface area contributed by atoms with E-state index in [1.54, 1.807) is 44.2 Å². The van der Waals surface area contributed by atoms with Crippen molar-refractivity contribution in [3.63, 3.8) is 0 Å². The summed E-state index contributed by atoms with van der Waals surface area (Å²) in [5.74, 6) is 0.694. The van der Waals surface area contributed by atoms with Crippen LogP contribution in [0.4, 0.5) is 0 Å². The molecule has 2 rings (SSSR count). The molecule has 1 amide bonds. The molecule has 1 saturated heterocycles. The van der Waals surface area contributed by atoms with Crippen LogP contribution in [0.2, 0.25) is 0 Å². The predicted octanol–water partition coefficient (Wildman–Crippen LogP) is 2.58. The maximum Gasteiger partial charge on any atom is 0.307 e. The summed E-state index contributed by atoms with van der Waals surface area (Å²) >= 11 is 0.